The molecule has 98 valence electrons. The van der Waals surface area contributed by atoms with Crippen LogP contribution in [0, 0.1) is 5.92 Å². The third kappa shape index (κ3) is 3.15. The van der Waals surface area contributed by atoms with Gasteiger partial charge in [0.15, 0.2) is 0 Å². The van der Waals surface area contributed by atoms with Crippen molar-refractivity contribution in [2.45, 2.75) is 25.5 Å². The van der Waals surface area contributed by atoms with E-state index in [9.17, 15) is 5.11 Å². The Hall–Kier alpha value is -1.80. The van der Waals surface area contributed by atoms with Gasteiger partial charge < -0.3 is 9.67 Å². The highest BCUT2D eigenvalue weighted by Gasteiger charge is 2.30. The van der Waals surface area contributed by atoms with Crippen LogP contribution in [0.2, 0.25) is 0 Å². The molecule has 2 heteroatoms. The molecule has 19 heavy (non-hydrogen) atoms. The van der Waals surface area contributed by atoms with Crippen molar-refractivity contribution in [2.75, 3.05) is 0 Å². The maximum Gasteiger partial charge on any atom is 0.0832 e. The van der Waals surface area contributed by atoms with Crippen LogP contribution in [0.3, 0.4) is 0 Å². The van der Waals surface area contributed by atoms with E-state index in [0.29, 0.717) is 5.92 Å². The summed E-state index contributed by atoms with van der Waals surface area (Å²) >= 11 is 0. The normalized spacial score (nSPS) is 16.9. The van der Waals surface area contributed by atoms with E-state index in [1.807, 2.05) is 30.5 Å². The average Bonchev–Trinajstić information content (AvgIpc) is 3.19. The first-order chi connectivity index (χ1) is 9.33. The van der Waals surface area contributed by atoms with Gasteiger partial charge in [-0.25, -0.2) is 0 Å². The van der Waals surface area contributed by atoms with Gasteiger partial charge in [-0.2, -0.15) is 0 Å². The molecule has 3 rings (SSSR count). The van der Waals surface area contributed by atoms with Crippen molar-refractivity contribution in [3.05, 3.63) is 66.0 Å². The van der Waals surface area contributed by atoms with Crippen molar-refractivity contribution in [3.63, 3.8) is 0 Å². The molecule has 1 aromatic heterocycles. The molecular weight excluding hydrogens is 234 g/mol. The molecule has 0 amide bonds. The molecule has 2 aromatic rings. The first kappa shape index (κ1) is 12.2. The van der Waals surface area contributed by atoms with Crippen LogP contribution in [-0.2, 0) is 6.54 Å². The summed E-state index contributed by atoms with van der Waals surface area (Å²) in [5.74, 6) is 0.496. The minimum atomic E-state index is -0.264. The van der Waals surface area contributed by atoms with Gasteiger partial charge in [-0.05, 0) is 36.0 Å². The van der Waals surface area contributed by atoms with Crippen LogP contribution in [-0.4, -0.2) is 9.67 Å². The highest BCUT2D eigenvalue weighted by atomic mass is 16.3. The smallest absolute Gasteiger partial charge is 0.0832 e. The molecule has 0 spiro atoms. The summed E-state index contributed by atoms with van der Waals surface area (Å²) in [6.07, 6.45) is 10.4. The molecule has 1 unspecified atom stereocenters. The molecule has 0 radical (unpaired) electrons. The molecule has 1 atom stereocenters. The predicted octanol–water partition coefficient (Wildman–Crippen LogP) is 3.64. The number of hydrogen-bond donors (Lipinski definition) is 1. The number of rotatable bonds is 5. The van der Waals surface area contributed by atoms with Crippen LogP contribution < -0.4 is 0 Å². The summed E-state index contributed by atoms with van der Waals surface area (Å²) in [6.45, 7) is 0.840. The van der Waals surface area contributed by atoms with E-state index in [-0.39, 0.29) is 6.10 Å². The van der Waals surface area contributed by atoms with E-state index in [2.05, 4.69) is 35.0 Å². The number of nitrogens with zero attached hydrogens (tertiary/aromatic N) is 1. The molecule has 2 nitrogen and oxygen atoms in total. The molecule has 0 bridgehead atoms. The van der Waals surface area contributed by atoms with Gasteiger partial charge in [0.1, 0.15) is 0 Å². The van der Waals surface area contributed by atoms with Crippen LogP contribution >= 0.6 is 0 Å². The quantitative estimate of drug-likeness (QED) is 0.864. The minimum absolute atomic E-state index is 0.264. The second-order valence-corrected chi connectivity index (χ2v) is 5.24. The Bertz CT molecular complexity index is 552. The summed E-state index contributed by atoms with van der Waals surface area (Å²) in [5.41, 5.74) is 2.27. The Morgan fingerprint density at radius 1 is 1.21 bits per heavy atom. The molecule has 1 fully saturated rings. The summed E-state index contributed by atoms with van der Waals surface area (Å²) in [4.78, 5) is 0. The van der Waals surface area contributed by atoms with Gasteiger partial charge in [0.05, 0.1) is 6.10 Å². The van der Waals surface area contributed by atoms with Crippen molar-refractivity contribution >= 4 is 6.08 Å². The Labute approximate surface area is 114 Å². The molecule has 1 aliphatic carbocycles. The van der Waals surface area contributed by atoms with Crippen LogP contribution in [0.4, 0.5) is 0 Å². The zero-order valence-corrected chi connectivity index (χ0v) is 10.9. The van der Waals surface area contributed by atoms with Crippen LogP contribution in [0.25, 0.3) is 6.08 Å². The average molecular weight is 253 g/mol. The molecule has 1 saturated carbocycles. The number of aliphatic hydroxyl groups is 1. The molecule has 1 N–H and O–H groups in total. The van der Waals surface area contributed by atoms with Gasteiger partial charge in [0.2, 0.25) is 0 Å². The lowest BCUT2D eigenvalue weighted by Crippen LogP contribution is -1.98. The van der Waals surface area contributed by atoms with Gasteiger partial charge in [-0.15, -0.1) is 0 Å². The van der Waals surface area contributed by atoms with Crippen molar-refractivity contribution in [1.82, 2.24) is 4.57 Å². The van der Waals surface area contributed by atoms with Crippen molar-refractivity contribution in [1.29, 1.82) is 0 Å². The SMILES string of the molecule is OC(c1ccn(CC=Cc2ccccc2)c1)C1CC1. The molecule has 1 heterocycles. The van der Waals surface area contributed by atoms with Gasteiger partial charge in [-0.3, -0.25) is 0 Å². The van der Waals surface area contributed by atoms with E-state index < -0.39 is 0 Å². The van der Waals surface area contributed by atoms with Crippen molar-refractivity contribution in [3.8, 4) is 0 Å². The van der Waals surface area contributed by atoms with Crippen molar-refractivity contribution in [2.24, 2.45) is 5.92 Å². The maximum atomic E-state index is 10.0. The zero-order chi connectivity index (χ0) is 13.1. The highest BCUT2D eigenvalue weighted by molar-refractivity contribution is 5.48. The third-order valence-corrected chi connectivity index (χ3v) is 3.61. The lowest BCUT2D eigenvalue weighted by molar-refractivity contribution is 0.154. The number of benzene rings is 1. The molecule has 0 aliphatic heterocycles. The Balaban J connectivity index is 1.59. The van der Waals surface area contributed by atoms with Gasteiger partial charge in [0, 0.05) is 18.9 Å². The second kappa shape index (κ2) is 5.45. The first-order valence-electron chi connectivity index (χ1n) is 6.88. The van der Waals surface area contributed by atoms with E-state index in [0.717, 1.165) is 12.1 Å². The fourth-order valence-electron chi connectivity index (χ4n) is 2.31. The predicted molar refractivity (Wildman–Crippen MR) is 77.6 cm³/mol. The Kier molecular flexibility index (Phi) is 3.51. The first-order valence-corrected chi connectivity index (χ1v) is 6.88. The zero-order valence-electron chi connectivity index (χ0n) is 10.9. The van der Waals surface area contributed by atoms with E-state index in [1.54, 1.807) is 0 Å². The van der Waals surface area contributed by atoms with E-state index in [1.165, 1.54) is 18.4 Å². The summed E-state index contributed by atoms with van der Waals surface area (Å²) < 4.78 is 2.11. The van der Waals surface area contributed by atoms with E-state index in [4.69, 9.17) is 0 Å². The van der Waals surface area contributed by atoms with Gasteiger partial charge in [-0.1, -0.05) is 42.5 Å². The van der Waals surface area contributed by atoms with Gasteiger partial charge in [0.25, 0.3) is 0 Å². The largest absolute Gasteiger partial charge is 0.388 e. The van der Waals surface area contributed by atoms with Crippen LogP contribution in [0.15, 0.2) is 54.9 Å². The summed E-state index contributed by atoms with van der Waals surface area (Å²) in [6, 6.07) is 12.3. The van der Waals surface area contributed by atoms with Crippen LogP contribution in [0.5, 0.6) is 0 Å². The summed E-state index contributed by atoms with van der Waals surface area (Å²) in [5, 5.41) is 10.0. The van der Waals surface area contributed by atoms with Crippen molar-refractivity contribution < 1.29 is 5.11 Å². The fraction of sp³-hybridized carbons (Fsp3) is 0.294. The Morgan fingerprint density at radius 3 is 2.74 bits per heavy atom. The standard InChI is InChI=1S/C17H19NO/c19-17(15-8-9-15)16-10-12-18(13-16)11-4-7-14-5-2-1-3-6-14/h1-7,10,12-13,15,17,19H,8-9,11H2. The molecule has 1 aliphatic rings. The monoisotopic (exact) mass is 253 g/mol. The number of aromatic nitrogens is 1. The number of allylic oxidation sites excluding steroid dienone is 1. The topological polar surface area (TPSA) is 25.2 Å². The molecule has 0 saturated heterocycles. The number of hydrogen-bond acceptors (Lipinski definition) is 1. The lowest BCUT2D eigenvalue weighted by Gasteiger charge is -2.05. The molecular formula is C17H19NO. The highest BCUT2D eigenvalue weighted by Crippen LogP contribution is 2.40. The van der Waals surface area contributed by atoms with E-state index >= 15 is 0 Å². The van der Waals surface area contributed by atoms with Crippen LogP contribution in [0.1, 0.15) is 30.1 Å². The Morgan fingerprint density at radius 2 is 2.00 bits per heavy atom. The fourth-order valence-corrected chi connectivity index (χ4v) is 2.31. The second-order valence-electron chi connectivity index (χ2n) is 5.24. The van der Waals surface area contributed by atoms with Gasteiger partial charge >= 0.3 is 0 Å². The summed E-state index contributed by atoms with van der Waals surface area (Å²) in [7, 11) is 0. The lowest BCUT2D eigenvalue weighted by atomic mass is 10.1. The molecule has 1 aromatic carbocycles. The minimum Gasteiger partial charge on any atom is -0.388 e. The number of aliphatic hydroxyl groups excluding tert-OH is 1. The third-order valence-electron chi connectivity index (χ3n) is 3.61. The maximum absolute atomic E-state index is 10.0.